The molecule has 1 fully saturated rings. The van der Waals surface area contributed by atoms with E-state index in [0.717, 1.165) is 25.9 Å². The lowest BCUT2D eigenvalue weighted by Gasteiger charge is -2.21. The Morgan fingerprint density at radius 2 is 2.10 bits per heavy atom. The Labute approximate surface area is 121 Å². The lowest BCUT2D eigenvalue weighted by atomic mass is 10.2. The summed E-state index contributed by atoms with van der Waals surface area (Å²) < 4.78 is 0. The summed E-state index contributed by atoms with van der Waals surface area (Å²) in [6, 6.07) is 3.73. The zero-order valence-electron chi connectivity index (χ0n) is 11.1. The Morgan fingerprint density at radius 1 is 1.45 bits per heavy atom. The summed E-state index contributed by atoms with van der Waals surface area (Å²) in [7, 11) is 0. The van der Waals surface area contributed by atoms with Crippen LogP contribution in [0.5, 0.6) is 0 Å². The van der Waals surface area contributed by atoms with Gasteiger partial charge in [-0.15, -0.1) is 0 Å². The Morgan fingerprint density at radius 3 is 2.70 bits per heavy atom. The minimum absolute atomic E-state index is 0.0447. The number of anilines is 1. The molecule has 1 unspecified atom stereocenters. The smallest absolute Gasteiger partial charge is 0.292 e. The van der Waals surface area contributed by atoms with Crippen molar-refractivity contribution in [2.45, 2.75) is 25.8 Å². The summed E-state index contributed by atoms with van der Waals surface area (Å²) in [6.45, 7) is 3.20. The maximum atomic E-state index is 12.2. The van der Waals surface area contributed by atoms with Gasteiger partial charge >= 0.3 is 0 Å². The molecule has 2 rings (SSSR count). The summed E-state index contributed by atoms with van der Waals surface area (Å²) in [5.41, 5.74) is 0.179. The van der Waals surface area contributed by atoms with E-state index >= 15 is 0 Å². The Bertz CT molecular complexity index is 530. The lowest BCUT2D eigenvalue weighted by Crippen LogP contribution is -2.39. The first-order valence-corrected chi connectivity index (χ1v) is 6.86. The number of rotatable bonds is 4. The van der Waals surface area contributed by atoms with Crippen LogP contribution in [0.25, 0.3) is 0 Å². The number of amides is 1. The van der Waals surface area contributed by atoms with Gasteiger partial charge in [0, 0.05) is 24.2 Å². The van der Waals surface area contributed by atoms with Crippen molar-refractivity contribution in [2.75, 3.05) is 18.4 Å². The zero-order valence-corrected chi connectivity index (χ0v) is 11.9. The van der Waals surface area contributed by atoms with E-state index in [1.807, 2.05) is 0 Å². The highest BCUT2D eigenvalue weighted by molar-refractivity contribution is 6.31. The maximum absolute atomic E-state index is 12.2. The third kappa shape index (κ3) is 3.19. The predicted octanol–water partition coefficient (Wildman–Crippen LogP) is 2.67. The average Bonchev–Trinajstić information content (AvgIpc) is 2.91. The number of benzene rings is 1. The van der Waals surface area contributed by atoms with E-state index in [-0.39, 0.29) is 17.3 Å². The minimum atomic E-state index is -0.523. The van der Waals surface area contributed by atoms with Gasteiger partial charge in [-0.1, -0.05) is 11.6 Å². The Kier molecular flexibility index (Phi) is 4.44. The first-order chi connectivity index (χ1) is 9.49. The summed E-state index contributed by atoms with van der Waals surface area (Å²) >= 11 is 5.85. The van der Waals surface area contributed by atoms with Crippen LogP contribution in [0, 0.1) is 10.1 Å². The van der Waals surface area contributed by atoms with Crippen LogP contribution in [-0.2, 0) is 4.79 Å². The quantitative estimate of drug-likeness (QED) is 0.685. The molecular weight excluding hydrogens is 282 g/mol. The molecule has 1 aliphatic heterocycles. The number of hydrogen-bond donors (Lipinski definition) is 1. The van der Waals surface area contributed by atoms with Gasteiger partial charge in [-0.05, 0) is 31.9 Å². The molecule has 6 nitrogen and oxygen atoms in total. The van der Waals surface area contributed by atoms with Crippen molar-refractivity contribution in [3.8, 4) is 0 Å². The van der Waals surface area contributed by atoms with Crippen molar-refractivity contribution in [1.82, 2.24) is 4.90 Å². The van der Waals surface area contributed by atoms with E-state index in [9.17, 15) is 14.9 Å². The number of nitro benzene ring substituents is 1. The van der Waals surface area contributed by atoms with E-state index in [1.54, 1.807) is 11.8 Å². The third-order valence-corrected chi connectivity index (χ3v) is 3.55. The van der Waals surface area contributed by atoms with Crippen LogP contribution >= 0.6 is 11.6 Å². The number of nitrogens with zero attached hydrogens (tertiary/aromatic N) is 2. The van der Waals surface area contributed by atoms with Crippen molar-refractivity contribution in [3.05, 3.63) is 33.3 Å². The fourth-order valence-corrected chi connectivity index (χ4v) is 2.46. The summed E-state index contributed by atoms with van der Waals surface area (Å²) in [5, 5.41) is 14.2. The molecule has 1 aromatic carbocycles. The largest absolute Gasteiger partial charge is 0.368 e. The van der Waals surface area contributed by atoms with Gasteiger partial charge in [0.25, 0.3) is 5.69 Å². The number of hydrogen-bond acceptors (Lipinski definition) is 4. The van der Waals surface area contributed by atoms with Gasteiger partial charge in [0.1, 0.15) is 11.7 Å². The monoisotopic (exact) mass is 297 g/mol. The van der Waals surface area contributed by atoms with E-state index < -0.39 is 11.0 Å². The topological polar surface area (TPSA) is 75.5 Å². The molecule has 1 atom stereocenters. The molecule has 0 bridgehead atoms. The van der Waals surface area contributed by atoms with Gasteiger partial charge in [-0.3, -0.25) is 14.9 Å². The van der Waals surface area contributed by atoms with E-state index in [4.69, 9.17) is 11.6 Å². The molecule has 0 aliphatic carbocycles. The molecule has 0 spiro atoms. The van der Waals surface area contributed by atoms with Crippen LogP contribution in [0.3, 0.4) is 0 Å². The van der Waals surface area contributed by atoms with Crippen molar-refractivity contribution in [3.63, 3.8) is 0 Å². The zero-order chi connectivity index (χ0) is 14.7. The highest BCUT2D eigenvalue weighted by Gasteiger charge is 2.25. The molecular formula is C13H16ClN3O3. The molecule has 1 aliphatic rings. The molecule has 0 radical (unpaired) electrons. The molecule has 1 N–H and O–H groups in total. The number of nitro groups is 1. The fourth-order valence-electron chi connectivity index (χ4n) is 2.29. The second-order valence-electron chi connectivity index (χ2n) is 4.82. The molecule has 20 heavy (non-hydrogen) atoms. The van der Waals surface area contributed by atoms with Crippen molar-refractivity contribution < 1.29 is 9.72 Å². The molecule has 0 saturated carbocycles. The van der Waals surface area contributed by atoms with Crippen LogP contribution < -0.4 is 5.32 Å². The van der Waals surface area contributed by atoms with E-state index in [1.165, 1.54) is 18.2 Å². The van der Waals surface area contributed by atoms with E-state index in [0.29, 0.717) is 5.02 Å². The number of likely N-dealkylation sites (tertiary alicyclic amines) is 1. The van der Waals surface area contributed by atoms with Crippen molar-refractivity contribution in [1.29, 1.82) is 0 Å². The van der Waals surface area contributed by atoms with Crippen molar-refractivity contribution >= 4 is 28.9 Å². The number of halogens is 1. The van der Waals surface area contributed by atoms with Crippen molar-refractivity contribution in [2.24, 2.45) is 0 Å². The molecule has 1 aromatic rings. The van der Waals surface area contributed by atoms with Gasteiger partial charge < -0.3 is 10.2 Å². The maximum Gasteiger partial charge on any atom is 0.292 e. The normalized spacial score (nSPS) is 16.0. The van der Waals surface area contributed by atoms with Crippen LogP contribution in [0.4, 0.5) is 11.4 Å². The standard InChI is InChI=1S/C13H16ClN3O3/c1-9(13(18)16-6-2-3-7-16)15-11-8-10(14)4-5-12(11)17(19)20/h4-5,8-9,15H,2-3,6-7H2,1H3. The number of carbonyl (C=O) groups is 1. The lowest BCUT2D eigenvalue weighted by molar-refractivity contribution is -0.384. The highest BCUT2D eigenvalue weighted by Crippen LogP contribution is 2.28. The molecule has 7 heteroatoms. The van der Waals surface area contributed by atoms with Crippen LogP contribution in [-0.4, -0.2) is 34.9 Å². The van der Waals surface area contributed by atoms with Gasteiger partial charge in [-0.25, -0.2) is 0 Å². The van der Waals surface area contributed by atoms with Gasteiger partial charge in [-0.2, -0.15) is 0 Å². The molecule has 1 heterocycles. The third-order valence-electron chi connectivity index (χ3n) is 3.32. The SMILES string of the molecule is CC(Nc1cc(Cl)ccc1[N+](=O)[O-])C(=O)N1CCCC1. The Hall–Kier alpha value is -1.82. The second-order valence-corrected chi connectivity index (χ2v) is 5.25. The van der Waals surface area contributed by atoms with Crippen LogP contribution in [0.15, 0.2) is 18.2 Å². The summed E-state index contributed by atoms with van der Waals surface area (Å²) in [5.74, 6) is -0.0447. The first-order valence-electron chi connectivity index (χ1n) is 6.48. The van der Waals surface area contributed by atoms with E-state index in [2.05, 4.69) is 5.32 Å². The molecule has 1 amide bonds. The number of nitrogens with one attached hydrogen (secondary N) is 1. The number of carbonyl (C=O) groups excluding carboxylic acids is 1. The minimum Gasteiger partial charge on any atom is -0.368 e. The van der Waals surface area contributed by atoms with Crippen LogP contribution in [0.1, 0.15) is 19.8 Å². The summed E-state index contributed by atoms with van der Waals surface area (Å²) in [6.07, 6.45) is 2.02. The molecule has 108 valence electrons. The van der Waals surface area contributed by atoms with Gasteiger partial charge in [0.15, 0.2) is 0 Å². The van der Waals surface area contributed by atoms with Gasteiger partial charge in [0.2, 0.25) is 5.91 Å². The average molecular weight is 298 g/mol. The Balaban J connectivity index is 2.14. The van der Waals surface area contributed by atoms with Gasteiger partial charge in [0.05, 0.1) is 4.92 Å². The van der Waals surface area contributed by atoms with Crippen LogP contribution in [0.2, 0.25) is 5.02 Å². The first kappa shape index (κ1) is 14.6. The highest BCUT2D eigenvalue weighted by atomic mass is 35.5. The predicted molar refractivity (Wildman–Crippen MR) is 77.0 cm³/mol. The second kappa shape index (κ2) is 6.09. The summed E-state index contributed by atoms with van der Waals surface area (Å²) in [4.78, 5) is 24.4. The fraction of sp³-hybridized carbons (Fsp3) is 0.462. The molecule has 0 aromatic heterocycles. The molecule has 1 saturated heterocycles.